The molecule has 2 aliphatic rings. The summed E-state index contributed by atoms with van der Waals surface area (Å²) in [6.45, 7) is 0.975. The van der Waals surface area contributed by atoms with Crippen molar-refractivity contribution in [3.8, 4) is 0 Å². The van der Waals surface area contributed by atoms with Crippen LogP contribution in [0.5, 0.6) is 0 Å². The minimum Gasteiger partial charge on any atom is -0.389 e. The Morgan fingerprint density at radius 3 is 2.17 bits per heavy atom. The summed E-state index contributed by atoms with van der Waals surface area (Å²) in [4.78, 5) is 2.58. The molecule has 1 N–H and O–H groups in total. The van der Waals surface area contributed by atoms with Crippen LogP contribution in [-0.2, 0) is 13.0 Å². The Balaban J connectivity index is 1.46. The van der Waals surface area contributed by atoms with E-state index in [0.29, 0.717) is 18.5 Å². The maximum absolute atomic E-state index is 13.1. The number of benzene rings is 2. The fourth-order valence-corrected chi connectivity index (χ4v) is 4.59. The Morgan fingerprint density at radius 2 is 1.54 bits per heavy atom. The standard InChI is InChI=1S/C21H24FNO/c22-18-8-6-16(7-9-18)12-21(24)13-19-10-11-20(14-21)23(19)15-17-4-2-1-3-5-17/h1-9,19-20,24H,10-15H2. The summed E-state index contributed by atoms with van der Waals surface area (Å²) in [5.41, 5.74) is 1.71. The van der Waals surface area contributed by atoms with Crippen LogP contribution in [-0.4, -0.2) is 27.7 Å². The molecule has 2 aliphatic heterocycles. The molecule has 0 aromatic heterocycles. The molecule has 2 heterocycles. The molecule has 0 radical (unpaired) electrons. The first-order valence-corrected chi connectivity index (χ1v) is 8.88. The highest BCUT2D eigenvalue weighted by Gasteiger charge is 2.47. The summed E-state index contributed by atoms with van der Waals surface area (Å²) < 4.78 is 13.1. The summed E-state index contributed by atoms with van der Waals surface area (Å²) in [5, 5.41) is 11.1. The molecular formula is C21H24FNO. The zero-order valence-corrected chi connectivity index (χ0v) is 13.9. The molecule has 2 atom stereocenters. The van der Waals surface area contributed by atoms with Crippen molar-refractivity contribution >= 4 is 0 Å². The number of rotatable bonds is 4. The molecule has 126 valence electrons. The fraction of sp³-hybridized carbons (Fsp3) is 0.429. The molecule has 3 heteroatoms. The number of aliphatic hydroxyl groups is 1. The van der Waals surface area contributed by atoms with Crippen LogP contribution in [0, 0.1) is 5.82 Å². The van der Waals surface area contributed by atoms with E-state index in [-0.39, 0.29) is 5.82 Å². The van der Waals surface area contributed by atoms with E-state index in [1.54, 1.807) is 12.1 Å². The molecule has 2 unspecified atom stereocenters. The monoisotopic (exact) mass is 325 g/mol. The third-order valence-electron chi connectivity index (χ3n) is 5.66. The van der Waals surface area contributed by atoms with Crippen LogP contribution in [0.1, 0.15) is 36.8 Å². The van der Waals surface area contributed by atoms with Gasteiger partial charge in [-0.25, -0.2) is 4.39 Å². The van der Waals surface area contributed by atoms with Crippen molar-refractivity contribution in [3.05, 3.63) is 71.5 Å². The predicted octanol–water partition coefficient (Wildman–Crippen LogP) is 3.93. The van der Waals surface area contributed by atoms with Crippen molar-refractivity contribution in [2.24, 2.45) is 0 Å². The molecule has 2 aromatic carbocycles. The first kappa shape index (κ1) is 15.8. The minimum absolute atomic E-state index is 0.219. The lowest BCUT2D eigenvalue weighted by Gasteiger charge is -2.44. The Morgan fingerprint density at radius 1 is 0.917 bits per heavy atom. The molecule has 24 heavy (non-hydrogen) atoms. The van der Waals surface area contributed by atoms with E-state index in [0.717, 1.165) is 24.9 Å². The van der Waals surface area contributed by atoms with Crippen LogP contribution in [0.3, 0.4) is 0 Å². The molecule has 2 aromatic rings. The van der Waals surface area contributed by atoms with Gasteiger partial charge in [-0.1, -0.05) is 42.5 Å². The Labute approximate surface area is 142 Å². The van der Waals surface area contributed by atoms with Gasteiger partial charge in [0.15, 0.2) is 0 Å². The van der Waals surface area contributed by atoms with Crippen LogP contribution in [0.2, 0.25) is 0 Å². The first-order chi connectivity index (χ1) is 11.6. The van der Waals surface area contributed by atoms with Gasteiger partial charge in [-0.2, -0.15) is 0 Å². The van der Waals surface area contributed by atoms with Crippen molar-refractivity contribution in [3.63, 3.8) is 0 Å². The van der Waals surface area contributed by atoms with Crippen molar-refractivity contribution in [2.45, 2.75) is 56.3 Å². The highest BCUT2D eigenvalue weighted by molar-refractivity contribution is 5.20. The molecular weight excluding hydrogens is 301 g/mol. The molecule has 0 spiro atoms. The van der Waals surface area contributed by atoms with Gasteiger partial charge in [0.1, 0.15) is 5.82 Å². The largest absolute Gasteiger partial charge is 0.389 e. The molecule has 2 fully saturated rings. The summed E-state index contributed by atoms with van der Waals surface area (Å²) >= 11 is 0. The van der Waals surface area contributed by atoms with E-state index in [1.165, 1.54) is 30.5 Å². The predicted molar refractivity (Wildman–Crippen MR) is 93.1 cm³/mol. The Hall–Kier alpha value is -1.71. The van der Waals surface area contributed by atoms with Crippen LogP contribution in [0.15, 0.2) is 54.6 Å². The normalized spacial score (nSPS) is 29.8. The maximum atomic E-state index is 13.1. The molecule has 0 saturated carbocycles. The molecule has 0 aliphatic carbocycles. The van der Waals surface area contributed by atoms with Gasteiger partial charge in [-0.15, -0.1) is 0 Å². The van der Waals surface area contributed by atoms with Gasteiger partial charge in [0.2, 0.25) is 0 Å². The van der Waals surface area contributed by atoms with Crippen LogP contribution >= 0.6 is 0 Å². The number of hydrogen-bond acceptors (Lipinski definition) is 2. The van der Waals surface area contributed by atoms with Gasteiger partial charge >= 0.3 is 0 Å². The summed E-state index contributed by atoms with van der Waals surface area (Å²) in [6, 6.07) is 18.1. The van der Waals surface area contributed by atoms with Crippen molar-refractivity contribution in [1.29, 1.82) is 0 Å². The van der Waals surface area contributed by atoms with Gasteiger partial charge in [0, 0.05) is 25.0 Å². The fourth-order valence-electron chi connectivity index (χ4n) is 4.59. The van der Waals surface area contributed by atoms with E-state index in [1.807, 2.05) is 0 Å². The van der Waals surface area contributed by atoms with Gasteiger partial charge in [0.05, 0.1) is 5.60 Å². The SMILES string of the molecule is OC1(Cc2ccc(F)cc2)CC2CCC(C1)N2Cc1ccccc1. The van der Waals surface area contributed by atoms with Gasteiger partial charge < -0.3 is 5.11 Å². The topological polar surface area (TPSA) is 23.5 Å². The van der Waals surface area contributed by atoms with E-state index < -0.39 is 5.60 Å². The van der Waals surface area contributed by atoms with E-state index in [4.69, 9.17) is 0 Å². The Kier molecular flexibility index (Phi) is 4.15. The second-order valence-corrected chi connectivity index (χ2v) is 7.48. The molecule has 2 saturated heterocycles. The van der Waals surface area contributed by atoms with Crippen molar-refractivity contribution in [1.82, 2.24) is 4.90 Å². The quantitative estimate of drug-likeness (QED) is 0.921. The van der Waals surface area contributed by atoms with Crippen molar-refractivity contribution < 1.29 is 9.50 Å². The lowest BCUT2D eigenvalue weighted by Crippen LogP contribution is -2.51. The smallest absolute Gasteiger partial charge is 0.123 e. The average molecular weight is 325 g/mol. The molecule has 2 nitrogen and oxygen atoms in total. The second-order valence-electron chi connectivity index (χ2n) is 7.48. The zero-order chi connectivity index (χ0) is 16.6. The van der Waals surface area contributed by atoms with Gasteiger partial charge in [-0.05, 0) is 48.9 Å². The van der Waals surface area contributed by atoms with E-state index in [2.05, 4.69) is 35.2 Å². The molecule has 4 rings (SSSR count). The highest BCUT2D eigenvalue weighted by atomic mass is 19.1. The number of piperidine rings is 1. The van der Waals surface area contributed by atoms with E-state index in [9.17, 15) is 9.50 Å². The number of fused-ring (bicyclic) bond motifs is 2. The van der Waals surface area contributed by atoms with E-state index >= 15 is 0 Å². The van der Waals surface area contributed by atoms with Crippen molar-refractivity contribution in [2.75, 3.05) is 0 Å². The minimum atomic E-state index is -0.656. The summed E-state index contributed by atoms with van der Waals surface area (Å²) in [5.74, 6) is -0.219. The maximum Gasteiger partial charge on any atom is 0.123 e. The molecule has 2 bridgehead atoms. The summed E-state index contributed by atoms with van der Waals surface area (Å²) in [6.07, 6.45) is 4.59. The second kappa shape index (κ2) is 6.30. The van der Waals surface area contributed by atoms with Crippen LogP contribution < -0.4 is 0 Å². The lowest BCUT2D eigenvalue weighted by molar-refractivity contribution is -0.0540. The average Bonchev–Trinajstić information content (AvgIpc) is 2.82. The first-order valence-electron chi connectivity index (χ1n) is 8.88. The van der Waals surface area contributed by atoms with Crippen LogP contribution in [0.4, 0.5) is 4.39 Å². The third-order valence-corrected chi connectivity index (χ3v) is 5.66. The molecule has 0 amide bonds. The number of halogens is 1. The number of hydrogen-bond donors (Lipinski definition) is 1. The Bertz CT molecular complexity index is 671. The van der Waals surface area contributed by atoms with Gasteiger partial charge in [0.25, 0.3) is 0 Å². The number of nitrogens with zero attached hydrogens (tertiary/aromatic N) is 1. The zero-order valence-electron chi connectivity index (χ0n) is 13.9. The third kappa shape index (κ3) is 3.24. The highest BCUT2D eigenvalue weighted by Crippen LogP contribution is 2.42. The summed E-state index contributed by atoms with van der Waals surface area (Å²) in [7, 11) is 0. The van der Waals surface area contributed by atoms with Crippen LogP contribution in [0.25, 0.3) is 0 Å². The lowest BCUT2D eigenvalue weighted by atomic mass is 9.81. The van der Waals surface area contributed by atoms with Gasteiger partial charge in [-0.3, -0.25) is 4.90 Å².